The molecule has 3 nitrogen and oxygen atoms in total. The second kappa shape index (κ2) is 4.04. The Morgan fingerprint density at radius 1 is 1.40 bits per heavy atom. The van der Waals surface area contributed by atoms with Crippen LogP contribution in [0.5, 0.6) is 0 Å². The quantitative estimate of drug-likeness (QED) is 0.711. The highest BCUT2D eigenvalue weighted by Crippen LogP contribution is 2.40. The van der Waals surface area contributed by atoms with E-state index < -0.39 is 0 Å². The van der Waals surface area contributed by atoms with Gasteiger partial charge in [-0.05, 0) is 25.2 Å². The lowest BCUT2D eigenvalue weighted by Crippen LogP contribution is -2.51. The smallest absolute Gasteiger partial charge is 0.0746 e. The molecule has 1 saturated carbocycles. The predicted molar refractivity (Wildman–Crippen MR) is 59.8 cm³/mol. The van der Waals surface area contributed by atoms with Crippen molar-refractivity contribution in [3.63, 3.8) is 0 Å². The summed E-state index contributed by atoms with van der Waals surface area (Å²) in [6.07, 6.45) is 2.39. The maximum Gasteiger partial charge on any atom is 0.0746 e. The van der Waals surface area contributed by atoms with Gasteiger partial charge < -0.3 is 9.84 Å². The van der Waals surface area contributed by atoms with Crippen molar-refractivity contribution in [3.8, 4) is 0 Å². The minimum absolute atomic E-state index is 0.0895. The van der Waals surface area contributed by atoms with Gasteiger partial charge in [-0.25, -0.2) is 0 Å². The van der Waals surface area contributed by atoms with E-state index in [0.717, 1.165) is 32.5 Å². The van der Waals surface area contributed by atoms with Crippen LogP contribution in [0.2, 0.25) is 0 Å². The van der Waals surface area contributed by atoms with Crippen molar-refractivity contribution in [2.24, 2.45) is 5.41 Å². The maximum absolute atomic E-state index is 10.3. The Balaban J connectivity index is 1.99. The Labute approximate surface area is 92.4 Å². The average Bonchev–Trinajstić information content (AvgIpc) is 2.42. The monoisotopic (exact) mass is 213 g/mol. The topological polar surface area (TPSA) is 32.7 Å². The second-order valence-electron chi connectivity index (χ2n) is 5.72. The van der Waals surface area contributed by atoms with E-state index >= 15 is 0 Å². The Morgan fingerprint density at radius 3 is 2.67 bits per heavy atom. The molecule has 3 unspecified atom stereocenters. The van der Waals surface area contributed by atoms with Crippen molar-refractivity contribution >= 4 is 0 Å². The molecule has 2 fully saturated rings. The van der Waals surface area contributed by atoms with Gasteiger partial charge in [0.05, 0.1) is 18.8 Å². The summed E-state index contributed by atoms with van der Waals surface area (Å²) >= 11 is 0. The Kier molecular flexibility index (Phi) is 3.06. The maximum atomic E-state index is 10.3. The van der Waals surface area contributed by atoms with Crippen LogP contribution in [0.3, 0.4) is 0 Å². The molecule has 3 heteroatoms. The number of hydrogen-bond acceptors (Lipinski definition) is 3. The number of aliphatic hydroxyl groups excluding tert-OH is 1. The molecule has 1 saturated heterocycles. The van der Waals surface area contributed by atoms with Gasteiger partial charge in [0.15, 0.2) is 0 Å². The molecule has 1 N–H and O–H groups in total. The molecule has 15 heavy (non-hydrogen) atoms. The van der Waals surface area contributed by atoms with Gasteiger partial charge in [0, 0.05) is 19.1 Å². The summed E-state index contributed by atoms with van der Waals surface area (Å²) in [7, 11) is 0. The average molecular weight is 213 g/mol. The van der Waals surface area contributed by atoms with E-state index in [4.69, 9.17) is 4.74 Å². The third-order valence-corrected chi connectivity index (χ3v) is 3.99. The molecule has 0 radical (unpaired) electrons. The van der Waals surface area contributed by atoms with Gasteiger partial charge in [0.25, 0.3) is 0 Å². The Hall–Kier alpha value is -0.120. The molecule has 1 aliphatic heterocycles. The van der Waals surface area contributed by atoms with E-state index in [1.165, 1.54) is 0 Å². The van der Waals surface area contributed by atoms with E-state index in [-0.39, 0.29) is 11.5 Å². The molecule has 2 rings (SSSR count). The van der Waals surface area contributed by atoms with Crippen LogP contribution >= 0.6 is 0 Å². The summed E-state index contributed by atoms with van der Waals surface area (Å²) in [5.41, 5.74) is 0.0895. The van der Waals surface area contributed by atoms with Gasteiger partial charge in [0.2, 0.25) is 0 Å². The summed E-state index contributed by atoms with van der Waals surface area (Å²) in [5.74, 6) is 0. The lowest BCUT2D eigenvalue weighted by Gasteiger charge is -2.38. The zero-order valence-electron chi connectivity index (χ0n) is 10.1. The highest BCUT2D eigenvalue weighted by molar-refractivity contribution is 4.97. The largest absolute Gasteiger partial charge is 0.391 e. The summed E-state index contributed by atoms with van der Waals surface area (Å²) in [6, 6.07) is 0.353. The third kappa shape index (κ3) is 2.19. The van der Waals surface area contributed by atoms with Gasteiger partial charge >= 0.3 is 0 Å². The minimum Gasteiger partial charge on any atom is -0.391 e. The first-order valence-electron chi connectivity index (χ1n) is 6.04. The SMILES string of the molecule is CC1CN(C2CCC(C)(C)C2O)CCO1. The standard InChI is InChI=1S/C12H23NO2/c1-9-8-13(6-7-15-9)10-4-5-12(2,3)11(10)14/h9-11,14H,4-8H2,1-3H3. The lowest BCUT2D eigenvalue weighted by molar-refractivity contribution is -0.0621. The fourth-order valence-electron chi connectivity index (χ4n) is 2.88. The first kappa shape index (κ1) is 11.4. The van der Waals surface area contributed by atoms with Crippen molar-refractivity contribution in [2.75, 3.05) is 19.7 Å². The fourth-order valence-corrected chi connectivity index (χ4v) is 2.88. The van der Waals surface area contributed by atoms with E-state index in [1.807, 2.05) is 0 Å². The van der Waals surface area contributed by atoms with Crippen molar-refractivity contribution < 1.29 is 9.84 Å². The highest BCUT2D eigenvalue weighted by atomic mass is 16.5. The molecule has 0 aromatic carbocycles. The van der Waals surface area contributed by atoms with E-state index in [9.17, 15) is 5.11 Å². The van der Waals surface area contributed by atoms with Crippen LogP contribution in [-0.4, -0.2) is 48.0 Å². The molecule has 2 aliphatic rings. The summed E-state index contributed by atoms with van der Waals surface area (Å²) < 4.78 is 5.53. The number of aliphatic hydroxyl groups is 1. The Bertz CT molecular complexity index is 230. The minimum atomic E-state index is -0.178. The highest BCUT2D eigenvalue weighted by Gasteiger charge is 2.43. The van der Waals surface area contributed by atoms with Crippen LogP contribution < -0.4 is 0 Å². The molecule has 0 bridgehead atoms. The predicted octanol–water partition coefficient (Wildman–Crippen LogP) is 1.26. The van der Waals surface area contributed by atoms with Crippen LogP contribution in [0.4, 0.5) is 0 Å². The summed E-state index contributed by atoms with van der Waals surface area (Å²) in [4.78, 5) is 2.41. The molecule has 0 spiro atoms. The summed E-state index contributed by atoms with van der Waals surface area (Å²) in [6.45, 7) is 9.20. The first-order chi connectivity index (χ1) is 7.00. The van der Waals surface area contributed by atoms with Gasteiger partial charge in [-0.3, -0.25) is 4.90 Å². The van der Waals surface area contributed by atoms with Gasteiger partial charge in [-0.2, -0.15) is 0 Å². The number of hydrogen-bond donors (Lipinski definition) is 1. The molecule has 0 aromatic rings. The molecular weight excluding hydrogens is 190 g/mol. The normalized spacial score (nSPS) is 42.0. The van der Waals surface area contributed by atoms with Crippen LogP contribution in [-0.2, 0) is 4.74 Å². The zero-order chi connectivity index (χ0) is 11.1. The molecule has 0 aromatic heterocycles. The summed E-state index contributed by atoms with van der Waals surface area (Å²) in [5, 5.41) is 10.3. The molecule has 1 heterocycles. The first-order valence-corrected chi connectivity index (χ1v) is 6.04. The number of nitrogens with zero attached hydrogens (tertiary/aromatic N) is 1. The van der Waals surface area contributed by atoms with E-state index in [0.29, 0.717) is 12.1 Å². The van der Waals surface area contributed by atoms with Gasteiger partial charge in [-0.1, -0.05) is 13.8 Å². The van der Waals surface area contributed by atoms with Gasteiger partial charge in [0.1, 0.15) is 0 Å². The van der Waals surface area contributed by atoms with Crippen molar-refractivity contribution in [2.45, 2.75) is 51.9 Å². The van der Waals surface area contributed by atoms with Crippen LogP contribution in [0, 0.1) is 5.41 Å². The molecular formula is C12H23NO2. The van der Waals surface area contributed by atoms with Crippen molar-refractivity contribution in [1.29, 1.82) is 0 Å². The van der Waals surface area contributed by atoms with E-state index in [1.54, 1.807) is 0 Å². The molecule has 3 atom stereocenters. The number of morpholine rings is 1. The number of ether oxygens (including phenoxy) is 1. The zero-order valence-corrected chi connectivity index (χ0v) is 10.1. The van der Waals surface area contributed by atoms with Gasteiger partial charge in [-0.15, -0.1) is 0 Å². The van der Waals surface area contributed by atoms with Crippen LogP contribution in [0.1, 0.15) is 33.6 Å². The fraction of sp³-hybridized carbons (Fsp3) is 1.00. The van der Waals surface area contributed by atoms with Crippen molar-refractivity contribution in [3.05, 3.63) is 0 Å². The Morgan fingerprint density at radius 2 is 2.13 bits per heavy atom. The van der Waals surface area contributed by atoms with E-state index in [2.05, 4.69) is 25.7 Å². The molecule has 1 aliphatic carbocycles. The lowest BCUT2D eigenvalue weighted by atomic mass is 9.88. The van der Waals surface area contributed by atoms with Crippen molar-refractivity contribution in [1.82, 2.24) is 4.90 Å². The molecule has 0 amide bonds. The second-order valence-corrected chi connectivity index (χ2v) is 5.72. The molecule has 88 valence electrons. The third-order valence-electron chi connectivity index (χ3n) is 3.99. The van der Waals surface area contributed by atoms with Crippen LogP contribution in [0.25, 0.3) is 0 Å². The van der Waals surface area contributed by atoms with Crippen LogP contribution in [0.15, 0.2) is 0 Å². The number of rotatable bonds is 1.